The maximum atomic E-state index is 12.5. The number of ether oxygens (including phenoxy) is 1. The predicted molar refractivity (Wildman–Crippen MR) is 71.2 cm³/mol. The molecule has 1 amide bonds. The van der Waals surface area contributed by atoms with Gasteiger partial charge in [0, 0.05) is 26.2 Å². The molecule has 4 nitrogen and oxygen atoms in total. The molecule has 1 aliphatic rings. The van der Waals surface area contributed by atoms with Crippen molar-refractivity contribution in [1.29, 1.82) is 0 Å². The van der Waals surface area contributed by atoms with E-state index in [1.807, 2.05) is 30.9 Å². The highest BCUT2D eigenvalue weighted by molar-refractivity contribution is 5.97. The van der Waals surface area contributed by atoms with E-state index >= 15 is 0 Å². The van der Waals surface area contributed by atoms with Gasteiger partial charge in [0.1, 0.15) is 5.75 Å². The molecule has 1 fully saturated rings. The topological polar surface area (TPSA) is 41.6 Å². The summed E-state index contributed by atoms with van der Waals surface area (Å²) >= 11 is 0. The van der Waals surface area contributed by atoms with Gasteiger partial charge in [-0.1, -0.05) is 6.07 Å². The van der Waals surface area contributed by atoms with E-state index in [0.29, 0.717) is 11.3 Å². The highest BCUT2D eigenvalue weighted by atomic mass is 16.5. The van der Waals surface area contributed by atoms with Crippen LogP contribution in [0.15, 0.2) is 12.1 Å². The minimum Gasteiger partial charge on any atom is -0.496 e. The standard InChI is InChI=1S/C14H20N2O2/c1-10-8-11(2)13(18-3)12(9-10)14(17)16-6-4-15-5-7-16/h8-9,15H,4-7H2,1-3H3. The SMILES string of the molecule is COc1c(C)cc(C)cc1C(=O)N1CCNCC1. The molecule has 1 N–H and O–H groups in total. The number of methoxy groups -OCH3 is 1. The molecule has 0 radical (unpaired) electrons. The van der Waals surface area contributed by atoms with Crippen molar-refractivity contribution < 1.29 is 9.53 Å². The lowest BCUT2D eigenvalue weighted by Gasteiger charge is -2.28. The average molecular weight is 248 g/mol. The Morgan fingerprint density at radius 1 is 1.28 bits per heavy atom. The van der Waals surface area contributed by atoms with Gasteiger partial charge in [-0.05, 0) is 31.0 Å². The summed E-state index contributed by atoms with van der Waals surface area (Å²) in [6.07, 6.45) is 0. The average Bonchev–Trinajstić information content (AvgIpc) is 2.38. The second-order valence-corrected chi connectivity index (χ2v) is 4.70. The Morgan fingerprint density at radius 3 is 2.56 bits per heavy atom. The van der Waals surface area contributed by atoms with Gasteiger partial charge in [0.2, 0.25) is 0 Å². The van der Waals surface area contributed by atoms with Crippen LogP contribution in [0.4, 0.5) is 0 Å². The number of piperazine rings is 1. The molecule has 0 aromatic heterocycles. The third kappa shape index (κ3) is 2.48. The van der Waals surface area contributed by atoms with E-state index < -0.39 is 0 Å². The number of nitrogens with zero attached hydrogens (tertiary/aromatic N) is 1. The van der Waals surface area contributed by atoms with Gasteiger partial charge in [0.25, 0.3) is 5.91 Å². The molecule has 18 heavy (non-hydrogen) atoms. The molecule has 0 atom stereocenters. The van der Waals surface area contributed by atoms with Gasteiger partial charge in [-0.15, -0.1) is 0 Å². The van der Waals surface area contributed by atoms with Crippen LogP contribution in [0.1, 0.15) is 21.5 Å². The zero-order chi connectivity index (χ0) is 13.1. The van der Waals surface area contributed by atoms with Crippen LogP contribution in [0.3, 0.4) is 0 Å². The monoisotopic (exact) mass is 248 g/mol. The summed E-state index contributed by atoms with van der Waals surface area (Å²) in [5.74, 6) is 0.768. The van der Waals surface area contributed by atoms with E-state index in [9.17, 15) is 4.79 Å². The molecule has 2 rings (SSSR count). The maximum absolute atomic E-state index is 12.5. The molecule has 0 saturated carbocycles. The fourth-order valence-corrected chi connectivity index (χ4v) is 2.42. The third-order valence-corrected chi connectivity index (χ3v) is 3.26. The van der Waals surface area contributed by atoms with Crippen molar-refractivity contribution in [3.63, 3.8) is 0 Å². The lowest BCUT2D eigenvalue weighted by Crippen LogP contribution is -2.46. The van der Waals surface area contributed by atoms with Crippen molar-refractivity contribution in [3.8, 4) is 5.75 Å². The van der Waals surface area contributed by atoms with Crippen molar-refractivity contribution in [2.24, 2.45) is 0 Å². The van der Waals surface area contributed by atoms with Crippen LogP contribution in [-0.2, 0) is 0 Å². The first-order valence-corrected chi connectivity index (χ1v) is 6.28. The first-order chi connectivity index (χ1) is 8.63. The first kappa shape index (κ1) is 12.9. The van der Waals surface area contributed by atoms with Crippen molar-refractivity contribution in [3.05, 3.63) is 28.8 Å². The van der Waals surface area contributed by atoms with Crippen LogP contribution in [-0.4, -0.2) is 44.1 Å². The predicted octanol–water partition coefficient (Wildman–Crippen LogP) is 1.36. The van der Waals surface area contributed by atoms with Crippen LogP contribution in [0.25, 0.3) is 0 Å². The summed E-state index contributed by atoms with van der Waals surface area (Å²) in [5, 5.41) is 3.25. The number of aryl methyl sites for hydroxylation is 2. The van der Waals surface area contributed by atoms with Gasteiger partial charge in [0.15, 0.2) is 0 Å². The highest BCUT2D eigenvalue weighted by Crippen LogP contribution is 2.26. The summed E-state index contributed by atoms with van der Waals surface area (Å²) in [6, 6.07) is 3.95. The number of amides is 1. The van der Waals surface area contributed by atoms with Crippen LogP contribution >= 0.6 is 0 Å². The van der Waals surface area contributed by atoms with Crippen LogP contribution in [0.5, 0.6) is 5.75 Å². The smallest absolute Gasteiger partial charge is 0.257 e. The van der Waals surface area contributed by atoms with E-state index in [0.717, 1.165) is 37.3 Å². The summed E-state index contributed by atoms with van der Waals surface area (Å²) in [4.78, 5) is 14.4. The molecule has 0 aliphatic carbocycles. The van der Waals surface area contributed by atoms with E-state index in [4.69, 9.17) is 4.74 Å². The Bertz CT molecular complexity index is 451. The molecule has 0 unspecified atom stereocenters. The lowest BCUT2D eigenvalue weighted by molar-refractivity contribution is 0.0732. The summed E-state index contributed by atoms with van der Waals surface area (Å²) in [5.41, 5.74) is 2.78. The van der Waals surface area contributed by atoms with E-state index in [2.05, 4.69) is 5.32 Å². The molecule has 1 aliphatic heterocycles. The number of benzene rings is 1. The summed E-state index contributed by atoms with van der Waals surface area (Å²) in [6.45, 7) is 7.21. The fraction of sp³-hybridized carbons (Fsp3) is 0.500. The second-order valence-electron chi connectivity index (χ2n) is 4.70. The minimum absolute atomic E-state index is 0.0696. The number of carbonyl (C=O) groups is 1. The largest absolute Gasteiger partial charge is 0.496 e. The summed E-state index contributed by atoms with van der Waals surface area (Å²) in [7, 11) is 1.62. The van der Waals surface area contributed by atoms with Gasteiger partial charge < -0.3 is 15.0 Å². The number of nitrogens with one attached hydrogen (secondary N) is 1. The minimum atomic E-state index is 0.0696. The Balaban J connectivity index is 2.33. The van der Waals surface area contributed by atoms with Crippen molar-refractivity contribution >= 4 is 5.91 Å². The molecule has 1 aromatic rings. The first-order valence-electron chi connectivity index (χ1n) is 6.28. The number of hydrogen-bond acceptors (Lipinski definition) is 3. The summed E-state index contributed by atoms with van der Waals surface area (Å²) < 4.78 is 5.38. The molecule has 0 bridgehead atoms. The van der Waals surface area contributed by atoms with Gasteiger partial charge >= 0.3 is 0 Å². The number of rotatable bonds is 2. The Labute approximate surface area is 108 Å². The van der Waals surface area contributed by atoms with E-state index in [1.165, 1.54) is 0 Å². The maximum Gasteiger partial charge on any atom is 0.257 e. The molecule has 1 aromatic carbocycles. The number of hydrogen-bond donors (Lipinski definition) is 1. The van der Waals surface area contributed by atoms with Crippen molar-refractivity contribution in [1.82, 2.24) is 10.2 Å². The Hall–Kier alpha value is -1.55. The zero-order valence-corrected chi connectivity index (χ0v) is 11.2. The quantitative estimate of drug-likeness (QED) is 0.859. The van der Waals surface area contributed by atoms with Gasteiger partial charge in [-0.2, -0.15) is 0 Å². The lowest BCUT2D eigenvalue weighted by atomic mass is 10.0. The van der Waals surface area contributed by atoms with Crippen LogP contribution in [0.2, 0.25) is 0 Å². The zero-order valence-electron chi connectivity index (χ0n) is 11.2. The van der Waals surface area contributed by atoms with Crippen molar-refractivity contribution in [2.75, 3.05) is 33.3 Å². The molecule has 4 heteroatoms. The molecular weight excluding hydrogens is 228 g/mol. The van der Waals surface area contributed by atoms with Crippen molar-refractivity contribution in [2.45, 2.75) is 13.8 Å². The second kappa shape index (κ2) is 5.40. The molecule has 1 saturated heterocycles. The normalized spacial score (nSPS) is 15.6. The molecular formula is C14H20N2O2. The van der Waals surface area contributed by atoms with Gasteiger partial charge in [0.05, 0.1) is 12.7 Å². The molecule has 0 spiro atoms. The molecule has 1 heterocycles. The van der Waals surface area contributed by atoms with Crippen LogP contribution < -0.4 is 10.1 Å². The fourth-order valence-electron chi connectivity index (χ4n) is 2.42. The van der Waals surface area contributed by atoms with E-state index in [-0.39, 0.29) is 5.91 Å². The molecule has 98 valence electrons. The highest BCUT2D eigenvalue weighted by Gasteiger charge is 2.22. The third-order valence-electron chi connectivity index (χ3n) is 3.26. The Kier molecular flexibility index (Phi) is 3.87. The number of carbonyl (C=O) groups excluding carboxylic acids is 1. The van der Waals surface area contributed by atoms with E-state index in [1.54, 1.807) is 7.11 Å². The van der Waals surface area contributed by atoms with Crippen LogP contribution in [0, 0.1) is 13.8 Å². The Morgan fingerprint density at radius 2 is 1.94 bits per heavy atom. The van der Waals surface area contributed by atoms with Gasteiger partial charge in [-0.3, -0.25) is 4.79 Å². The van der Waals surface area contributed by atoms with Gasteiger partial charge in [-0.25, -0.2) is 0 Å².